The summed E-state index contributed by atoms with van der Waals surface area (Å²) in [5.74, 6) is -1.85. The average molecular weight is 294 g/mol. The molecule has 0 aromatic heterocycles. The van der Waals surface area contributed by atoms with E-state index in [1.807, 2.05) is 0 Å². The van der Waals surface area contributed by atoms with E-state index >= 15 is 0 Å². The fourth-order valence-corrected chi connectivity index (χ4v) is 2.03. The van der Waals surface area contributed by atoms with E-state index in [2.05, 4.69) is 5.32 Å². The van der Waals surface area contributed by atoms with Gasteiger partial charge in [0.05, 0.1) is 17.7 Å². The predicted octanol–water partition coefficient (Wildman–Crippen LogP) is -0.634. The number of rotatable bonds is 9. The molecule has 8 heteroatoms. The van der Waals surface area contributed by atoms with Gasteiger partial charge in [-0.15, -0.1) is 0 Å². The summed E-state index contributed by atoms with van der Waals surface area (Å²) < 4.78 is 21.8. The van der Waals surface area contributed by atoms with Crippen molar-refractivity contribution in [1.82, 2.24) is 5.32 Å². The molecule has 112 valence electrons. The maximum atomic E-state index is 11.5. The van der Waals surface area contributed by atoms with Gasteiger partial charge in [0.25, 0.3) is 0 Å². The number of carboxylic acid groups (broad SMARTS) is 1. The third kappa shape index (κ3) is 9.43. The van der Waals surface area contributed by atoms with Gasteiger partial charge in [-0.3, -0.25) is 9.59 Å². The summed E-state index contributed by atoms with van der Waals surface area (Å²) in [5.41, 5.74) is 5.54. The lowest BCUT2D eigenvalue weighted by Crippen LogP contribution is -2.42. The molecule has 0 heterocycles. The number of hydrogen-bond acceptors (Lipinski definition) is 5. The summed E-state index contributed by atoms with van der Waals surface area (Å²) >= 11 is 0. The largest absolute Gasteiger partial charge is 0.481 e. The molecule has 0 bridgehead atoms. The number of amides is 1. The summed E-state index contributed by atoms with van der Waals surface area (Å²) in [6, 6.07) is -0.855. The average Bonchev–Trinajstić information content (AvgIpc) is 2.29. The first kappa shape index (κ1) is 17.8. The van der Waals surface area contributed by atoms with Crippen LogP contribution in [0.3, 0.4) is 0 Å². The molecule has 2 unspecified atom stereocenters. The molecular weight excluding hydrogens is 272 g/mol. The van der Waals surface area contributed by atoms with Crippen molar-refractivity contribution in [2.24, 2.45) is 11.7 Å². The smallest absolute Gasteiger partial charge is 0.306 e. The highest BCUT2D eigenvalue weighted by molar-refractivity contribution is 7.90. The van der Waals surface area contributed by atoms with Crippen molar-refractivity contribution in [3.05, 3.63) is 0 Å². The maximum Gasteiger partial charge on any atom is 0.306 e. The molecule has 7 nitrogen and oxygen atoms in total. The summed E-state index contributed by atoms with van der Waals surface area (Å²) in [7, 11) is -3.12. The van der Waals surface area contributed by atoms with Crippen LogP contribution >= 0.6 is 0 Å². The number of hydrogen-bond donors (Lipinski definition) is 3. The topological polar surface area (TPSA) is 127 Å². The van der Waals surface area contributed by atoms with E-state index in [0.717, 1.165) is 6.26 Å². The summed E-state index contributed by atoms with van der Waals surface area (Å²) in [6.45, 7) is 1.94. The second-order valence-electron chi connectivity index (χ2n) is 4.70. The number of nitrogens with two attached hydrogens (primary N) is 1. The summed E-state index contributed by atoms with van der Waals surface area (Å²) in [6.07, 6.45) is 2.17. The lowest BCUT2D eigenvalue weighted by atomic mass is 10.1. The van der Waals surface area contributed by atoms with E-state index in [-0.39, 0.29) is 12.2 Å². The Bertz CT molecular complexity index is 407. The molecule has 4 N–H and O–H groups in total. The monoisotopic (exact) mass is 294 g/mol. The lowest BCUT2D eigenvalue weighted by molar-refractivity contribution is -0.141. The van der Waals surface area contributed by atoms with Gasteiger partial charge >= 0.3 is 5.97 Å². The van der Waals surface area contributed by atoms with E-state index in [0.29, 0.717) is 19.4 Å². The fraction of sp³-hybridized carbons (Fsp3) is 0.818. The zero-order chi connectivity index (χ0) is 15.1. The maximum absolute atomic E-state index is 11.5. The molecule has 0 fully saturated rings. The van der Waals surface area contributed by atoms with Gasteiger partial charge < -0.3 is 16.2 Å². The SMILES string of the molecule is CC(CCCNC(=O)C(N)CCS(C)(=O)=O)C(=O)O. The molecule has 0 aliphatic heterocycles. The Balaban J connectivity index is 3.83. The molecule has 0 radical (unpaired) electrons. The summed E-state index contributed by atoms with van der Waals surface area (Å²) in [4.78, 5) is 22.0. The molecule has 0 aliphatic rings. The van der Waals surface area contributed by atoms with E-state index in [4.69, 9.17) is 10.8 Å². The Morgan fingerprint density at radius 2 is 1.89 bits per heavy atom. The summed E-state index contributed by atoms with van der Waals surface area (Å²) in [5, 5.41) is 11.2. The third-order valence-electron chi connectivity index (χ3n) is 2.67. The highest BCUT2D eigenvalue weighted by Gasteiger charge is 2.16. The van der Waals surface area contributed by atoms with Gasteiger partial charge in [-0.05, 0) is 19.3 Å². The van der Waals surface area contributed by atoms with Crippen molar-refractivity contribution in [1.29, 1.82) is 0 Å². The molecule has 19 heavy (non-hydrogen) atoms. The molecule has 0 aliphatic carbocycles. The Kier molecular flexibility index (Phi) is 7.62. The fourth-order valence-electron chi connectivity index (χ4n) is 1.35. The Morgan fingerprint density at radius 3 is 2.37 bits per heavy atom. The van der Waals surface area contributed by atoms with Crippen LogP contribution in [0.5, 0.6) is 0 Å². The van der Waals surface area contributed by atoms with Crippen molar-refractivity contribution in [3.63, 3.8) is 0 Å². The van der Waals surface area contributed by atoms with Gasteiger partial charge in [0.15, 0.2) is 0 Å². The minimum Gasteiger partial charge on any atom is -0.481 e. The van der Waals surface area contributed by atoms with Crippen molar-refractivity contribution in [3.8, 4) is 0 Å². The van der Waals surface area contributed by atoms with E-state index in [1.165, 1.54) is 0 Å². The zero-order valence-corrected chi connectivity index (χ0v) is 12.1. The van der Waals surface area contributed by atoms with Crippen LogP contribution < -0.4 is 11.1 Å². The van der Waals surface area contributed by atoms with E-state index < -0.39 is 33.7 Å². The van der Waals surface area contributed by atoms with Gasteiger partial charge in [-0.2, -0.15) is 0 Å². The van der Waals surface area contributed by atoms with Crippen LogP contribution in [0.1, 0.15) is 26.2 Å². The van der Waals surface area contributed by atoms with Gasteiger partial charge in [0, 0.05) is 12.8 Å². The number of carbonyl (C=O) groups excluding carboxylic acids is 1. The molecule has 0 aromatic rings. The molecule has 2 atom stereocenters. The van der Waals surface area contributed by atoms with Gasteiger partial charge in [-0.25, -0.2) is 8.42 Å². The Hall–Kier alpha value is -1.15. The van der Waals surface area contributed by atoms with Gasteiger partial charge in [0.1, 0.15) is 9.84 Å². The van der Waals surface area contributed by atoms with Crippen molar-refractivity contribution < 1.29 is 23.1 Å². The van der Waals surface area contributed by atoms with Crippen molar-refractivity contribution >= 4 is 21.7 Å². The first-order valence-electron chi connectivity index (χ1n) is 6.07. The van der Waals surface area contributed by atoms with E-state index in [1.54, 1.807) is 6.92 Å². The van der Waals surface area contributed by atoms with Crippen LogP contribution in [0, 0.1) is 5.92 Å². The normalized spacial score (nSPS) is 14.7. The van der Waals surface area contributed by atoms with Crippen LogP contribution in [-0.2, 0) is 19.4 Å². The number of carboxylic acids is 1. The first-order valence-corrected chi connectivity index (χ1v) is 8.13. The van der Waals surface area contributed by atoms with Gasteiger partial charge in [-0.1, -0.05) is 6.92 Å². The number of sulfone groups is 1. The number of aliphatic carboxylic acids is 1. The standard InChI is InChI=1S/C11H22N2O5S/c1-8(11(15)16)4-3-6-13-10(14)9(12)5-7-19(2,17)18/h8-9H,3-7,12H2,1-2H3,(H,13,14)(H,15,16). The molecule has 0 saturated heterocycles. The molecule has 0 aromatic carbocycles. The molecule has 0 rings (SSSR count). The molecule has 0 spiro atoms. The highest BCUT2D eigenvalue weighted by Crippen LogP contribution is 2.04. The second-order valence-corrected chi connectivity index (χ2v) is 6.96. The minimum absolute atomic E-state index is 0.0796. The minimum atomic E-state index is -3.12. The molecule has 0 saturated carbocycles. The van der Waals surface area contributed by atoms with Crippen LogP contribution in [-0.4, -0.2) is 50.0 Å². The molecule has 1 amide bonds. The lowest BCUT2D eigenvalue weighted by Gasteiger charge is -2.12. The highest BCUT2D eigenvalue weighted by atomic mass is 32.2. The first-order chi connectivity index (χ1) is 8.63. The number of carbonyl (C=O) groups is 2. The van der Waals surface area contributed by atoms with Crippen LogP contribution in [0.25, 0.3) is 0 Å². The number of nitrogens with one attached hydrogen (secondary N) is 1. The second kappa shape index (κ2) is 8.11. The Morgan fingerprint density at radius 1 is 1.32 bits per heavy atom. The van der Waals surface area contributed by atoms with Crippen LogP contribution in [0.2, 0.25) is 0 Å². The van der Waals surface area contributed by atoms with E-state index in [9.17, 15) is 18.0 Å². The van der Waals surface area contributed by atoms with Crippen molar-refractivity contribution in [2.45, 2.75) is 32.2 Å². The van der Waals surface area contributed by atoms with Crippen LogP contribution in [0.15, 0.2) is 0 Å². The zero-order valence-electron chi connectivity index (χ0n) is 11.3. The molecular formula is C11H22N2O5S. The van der Waals surface area contributed by atoms with Crippen molar-refractivity contribution in [2.75, 3.05) is 18.6 Å². The Labute approximate surface area is 113 Å². The van der Waals surface area contributed by atoms with Gasteiger partial charge in [0.2, 0.25) is 5.91 Å². The quantitative estimate of drug-likeness (QED) is 0.486. The predicted molar refractivity (Wildman–Crippen MR) is 71.3 cm³/mol. The third-order valence-corrected chi connectivity index (χ3v) is 3.65. The van der Waals surface area contributed by atoms with Crippen LogP contribution in [0.4, 0.5) is 0 Å².